The SMILES string of the molecule is O=C(NCc1n[nH]c(=S)n1C1CC1)C12CC3CC(CC(F)(C3)C1)C2. The Morgan fingerprint density at radius 3 is 2.67 bits per heavy atom. The highest BCUT2D eigenvalue weighted by atomic mass is 32.1. The molecule has 5 nitrogen and oxygen atoms in total. The molecular weight excluding hydrogens is 327 g/mol. The largest absolute Gasteiger partial charge is 0.348 e. The van der Waals surface area contributed by atoms with Gasteiger partial charge in [-0.05, 0) is 75.4 Å². The molecule has 7 heteroatoms. The van der Waals surface area contributed by atoms with Crippen LogP contribution >= 0.6 is 12.2 Å². The molecule has 5 aliphatic carbocycles. The Hall–Kier alpha value is -1.24. The van der Waals surface area contributed by atoms with E-state index in [1.807, 2.05) is 4.57 Å². The average molecular weight is 350 g/mol. The van der Waals surface area contributed by atoms with E-state index in [1.165, 1.54) is 0 Å². The lowest BCUT2D eigenvalue weighted by Gasteiger charge is -2.58. The van der Waals surface area contributed by atoms with E-state index in [1.54, 1.807) is 0 Å². The zero-order valence-electron chi connectivity index (χ0n) is 13.7. The number of rotatable bonds is 4. The van der Waals surface area contributed by atoms with Gasteiger partial charge >= 0.3 is 0 Å². The summed E-state index contributed by atoms with van der Waals surface area (Å²) in [5.41, 5.74) is -1.59. The minimum atomic E-state index is -1.10. The number of hydrogen-bond acceptors (Lipinski definition) is 3. The first kappa shape index (κ1) is 15.0. The fraction of sp³-hybridized carbons (Fsp3) is 0.824. The zero-order valence-corrected chi connectivity index (χ0v) is 14.5. The van der Waals surface area contributed by atoms with Gasteiger partial charge in [0.15, 0.2) is 10.6 Å². The molecule has 1 aromatic heterocycles. The first-order valence-electron chi connectivity index (χ1n) is 9.09. The summed E-state index contributed by atoms with van der Waals surface area (Å²) in [5, 5.41) is 10.1. The number of carbonyl (C=O) groups is 1. The van der Waals surface area contributed by atoms with Crippen molar-refractivity contribution in [2.75, 3.05) is 0 Å². The Kier molecular flexibility index (Phi) is 3.07. The number of aromatic nitrogens is 3. The fourth-order valence-corrected chi connectivity index (χ4v) is 6.23. The highest BCUT2D eigenvalue weighted by Gasteiger charge is 2.61. The lowest BCUT2D eigenvalue weighted by atomic mass is 9.48. The summed E-state index contributed by atoms with van der Waals surface area (Å²) in [7, 11) is 0. The van der Waals surface area contributed by atoms with E-state index in [0.29, 0.717) is 48.5 Å². The molecule has 5 fully saturated rings. The Morgan fingerprint density at radius 1 is 1.33 bits per heavy atom. The summed E-state index contributed by atoms with van der Waals surface area (Å²) >= 11 is 5.28. The average Bonchev–Trinajstić information content (AvgIpc) is 3.25. The lowest BCUT2D eigenvalue weighted by Crippen LogP contribution is -2.58. The number of nitrogens with zero attached hydrogens (tertiary/aromatic N) is 2. The van der Waals surface area contributed by atoms with Gasteiger partial charge in [-0.1, -0.05) is 0 Å². The Morgan fingerprint density at radius 2 is 2.04 bits per heavy atom. The van der Waals surface area contributed by atoms with Gasteiger partial charge in [0.05, 0.1) is 12.0 Å². The van der Waals surface area contributed by atoms with Crippen molar-refractivity contribution in [1.82, 2.24) is 20.1 Å². The van der Waals surface area contributed by atoms with Crippen molar-refractivity contribution in [1.29, 1.82) is 0 Å². The summed E-state index contributed by atoms with van der Waals surface area (Å²) in [4.78, 5) is 13.0. The van der Waals surface area contributed by atoms with E-state index in [2.05, 4.69) is 15.5 Å². The van der Waals surface area contributed by atoms with E-state index in [9.17, 15) is 4.79 Å². The summed E-state index contributed by atoms with van der Waals surface area (Å²) in [5.74, 6) is 1.59. The number of halogens is 1. The monoisotopic (exact) mass is 350 g/mol. The second-order valence-corrected chi connectivity index (χ2v) is 9.01. The molecule has 1 aromatic rings. The molecule has 2 atom stereocenters. The first-order chi connectivity index (χ1) is 11.5. The van der Waals surface area contributed by atoms with Crippen LogP contribution in [-0.2, 0) is 11.3 Å². The van der Waals surface area contributed by atoms with Gasteiger partial charge in [0.2, 0.25) is 5.91 Å². The van der Waals surface area contributed by atoms with Gasteiger partial charge in [-0.15, -0.1) is 0 Å². The number of carbonyl (C=O) groups excluding carboxylic acids is 1. The minimum absolute atomic E-state index is 0.0230. The van der Waals surface area contributed by atoms with Gasteiger partial charge in [0, 0.05) is 6.04 Å². The van der Waals surface area contributed by atoms with Crippen molar-refractivity contribution in [2.45, 2.75) is 69.6 Å². The van der Waals surface area contributed by atoms with Crippen LogP contribution in [-0.4, -0.2) is 26.3 Å². The van der Waals surface area contributed by atoms with Crippen LogP contribution in [0.2, 0.25) is 0 Å². The number of hydrogen-bond donors (Lipinski definition) is 2. The molecule has 130 valence electrons. The lowest BCUT2D eigenvalue weighted by molar-refractivity contribution is -0.160. The smallest absolute Gasteiger partial charge is 0.226 e. The van der Waals surface area contributed by atoms with Crippen LogP contribution in [0.4, 0.5) is 4.39 Å². The van der Waals surface area contributed by atoms with Gasteiger partial charge in [0.25, 0.3) is 0 Å². The number of nitrogens with one attached hydrogen (secondary N) is 2. The molecule has 24 heavy (non-hydrogen) atoms. The molecule has 0 radical (unpaired) electrons. The van der Waals surface area contributed by atoms with Crippen molar-refractivity contribution in [3.8, 4) is 0 Å². The maximum absolute atomic E-state index is 15.0. The maximum atomic E-state index is 15.0. The number of alkyl halides is 1. The number of amides is 1. The summed E-state index contributed by atoms with van der Waals surface area (Å²) in [6.07, 6.45) is 6.80. The third kappa shape index (κ3) is 2.27. The molecule has 0 aromatic carbocycles. The van der Waals surface area contributed by atoms with E-state index in [-0.39, 0.29) is 5.91 Å². The van der Waals surface area contributed by atoms with Crippen LogP contribution in [0.1, 0.15) is 63.2 Å². The van der Waals surface area contributed by atoms with Crippen molar-refractivity contribution in [3.05, 3.63) is 10.6 Å². The van der Waals surface area contributed by atoms with Crippen LogP contribution in [0.25, 0.3) is 0 Å². The summed E-state index contributed by atoms with van der Waals surface area (Å²) < 4.78 is 17.7. The zero-order chi connectivity index (χ0) is 16.5. The van der Waals surface area contributed by atoms with Crippen molar-refractivity contribution >= 4 is 18.1 Å². The van der Waals surface area contributed by atoms with Crippen LogP contribution in [0, 0.1) is 22.0 Å². The maximum Gasteiger partial charge on any atom is 0.226 e. The van der Waals surface area contributed by atoms with Crippen molar-refractivity contribution < 1.29 is 9.18 Å². The third-order valence-electron chi connectivity index (χ3n) is 6.57. The highest BCUT2D eigenvalue weighted by Crippen LogP contribution is 2.63. The standard InChI is InChI=1S/C17H23FN4OS/c18-17-6-10-3-11(7-17)5-16(4-10,9-17)14(23)19-8-13-20-21-15(24)22(13)12-1-2-12/h10-12H,1-9H2,(H,19,23)(H,21,24). The van der Waals surface area contributed by atoms with Crippen molar-refractivity contribution in [2.24, 2.45) is 17.3 Å². The molecule has 4 bridgehead atoms. The van der Waals surface area contributed by atoms with Gasteiger partial charge in [-0.25, -0.2) is 4.39 Å². The van der Waals surface area contributed by atoms with Crippen LogP contribution in [0.5, 0.6) is 0 Å². The van der Waals surface area contributed by atoms with Crippen LogP contribution in [0.3, 0.4) is 0 Å². The Balaban J connectivity index is 1.33. The molecule has 0 spiro atoms. The highest BCUT2D eigenvalue weighted by molar-refractivity contribution is 7.71. The predicted octanol–water partition coefficient (Wildman–Crippen LogP) is 3.20. The van der Waals surface area contributed by atoms with Gasteiger partial charge in [-0.3, -0.25) is 14.5 Å². The fourth-order valence-electron chi connectivity index (χ4n) is 5.93. The van der Waals surface area contributed by atoms with E-state index in [0.717, 1.165) is 37.9 Å². The molecule has 6 rings (SSSR count). The van der Waals surface area contributed by atoms with E-state index in [4.69, 9.17) is 12.2 Å². The van der Waals surface area contributed by atoms with Crippen LogP contribution in [0.15, 0.2) is 0 Å². The van der Waals surface area contributed by atoms with Crippen molar-refractivity contribution in [3.63, 3.8) is 0 Å². The Labute approximate surface area is 145 Å². The molecule has 5 saturated carbocycles. The van der Waals surface area contributed by atoms with Gasteiger partial charge in [0.1, 0.15) is 5.67 Å². The molecule has 2 unspecified atom stereocenters. The minimum Gasteiger partial charge on any atom is -0.348 e. The molecule has 0 aliphatic heterocycles. The molecule has 0 saturated heterocycles. The molecule has 1 amide bonds. The van der Waals surface area contributed by atoms with Gasteiger partial charge in [-0.2, -0.15) is 5.10 Å². The second-order valence-electron chi connectivity index (χ2n) is 8.62. The van der Waals surface area contributed by atoms with E-state index < -0.39 is 11.1 Å². The topological polar surface area (TPSA) is 62.7 Å². The second kappa shape index (κ2) is 4.90. The Bertz CT molecular complexity index is 738. The molecule has 1 heterocycles. The van der Waals surface area contributed by atoms with Gasteiger partial charge < -0.3 is 5.32 Å². The molecule has 2 N–H and O–H groups in total. The molecular formula is C17H23FN4OS. The summed E-state index contributed by atoms with van der Waals surface area (Å²) in [6, 6.07) is 0.428. The van der Waals surface area contributed by atoms with E-state index >= 15 is 4.39 Å². The summed E-state index contributed by atoms with van der Waals surface area (Å²) in [6.45, 7) is 0.374. The number of H-pyrrole nitrogens is 1. The molecule has 5 aliphatic rings. The number of aromatic amines is 1. The predicted molar refractivity (Wildman–Crippen MR) is 88.5 cm³/mol. The third-order valence-corrected chi connectivity index (χ3v) is 6.86. The van der Waals surface area contributed by atoms with Crippen LogP contribution < -0.4 is 5.32 Å². The normalized spacial score (nSPS) is 40.0. The quantitative estimate of drug-likeness (QED) is 0.820. The first-order valence-corrected chi connectivity index (χ1v) is 9.50.